The molecule has 0 atom stereocenters. The Morgan fingerprint density at radius 3 is 2.42 bits per heavy atom. The molecule has 124 valence electrons. The van der Waals surface area contributed by atoms with Gasteiger partial charge in [-0.25, -0.2) is 0 Å². The van der Waals surface area contributed by atoms with Crippen molar-refractivity contribution in [3.8, 4) is 11.8 Å². The fraction of sp³-hybridized carbons (Fsp3) is 0.222. The average Bonchev–Trinajstić information content (AvgIpc) is 2.56. The molecule has 4 nitrogen and oxygen atoms in total. The van der Waals surface area contributed by atoms with E-state index in [1.807, 2.05) is 30.3 Å². The van der Waals surface area contributed by atoms with Crippen molar-refractivity contribution in [2.24, 2.45) is 0 Å². The zero-order chi connectivity index (χ0) is 17.4. The Hall–Kier alpha value is -2.22. The van der Waals surface area contributed by atoms with E-state index in [0.29, 0.717) is 35.4 Å². The summed E-state index contributed by atoms with van der Waals surface area (Å²) >= 11 is 12.2. The number of benzene rings is 2. The lowest BCUT2D eigenvalue weighted by Crippen LogP contribution is -2.24. The second-order valence-corrected chi connectivity index (χ2v) is 5.88. The Labute approximate surface area is 151 Å². The van der Waals surface area contributed by atoms with Crippen molar-refractivity contribution < 1.29 is 9.53 Å². The van der Waals surface area contributed by atoms with Crippen LogP contribution in [0.5, 0.6) is 5.75 Å². The van der Waals surface area contributed by atoms with Gasteiger partial charge in [-0.1, -0.05) is 41.4 Å². The van der Waals surface area contributed by atoms with Crippen LogP contribution >= 0.6 is 23.2 Å². The number of rotatable bonds is 7. The maximum atomic E-state index is 11.2. The van der Waals surface area contributed by atoms with Crippen LogP contribution in [-0.2, 0) is 17.8 Å². The summed E-state index contributed by atoms with van der Waals surface area (Å²) in [6.07, 6.45) is 0.575. The van der Waals surface area contributed by atoms with Gasteiger partial charge in [0.05, 0.1) is 6.07 Å². The molecule has 2 aromatic rings. The van der Waals surface area contributed by atoms with Gasteiger partial charge in [0.25, 0.3) is 0 Å². The molecule has 0 saturated heterocycles. The molecule has 0 heterocycles. The third-order valence-electron chi connectivity index (χ3n) is 3.34. The standard InChI is InChI=1S/C18H16Cl2N2O2/c19-16-2-1-3-17(20)15(16)12-24-14-6-4-13(5-7-14)9-11-22-18(23)8-10-21/h1-7H,8-9,11-12H2,(H,22,23). The van der Waals surface area contributed by atoms with Gasteiger partial charge in [-0.15, -0.1) is 0 Å². The van der Waals surface area contributed by atoms with Crippen molar-refractivity contribution >= 4 is 29.1 Å². The summed E-state index contributed by atoms with van der Waals surface area (Å²) in [4.78, 5) is 11.2. The number of hydrogen-bond donors (Lipinski definition) is 1. The van der Waals surface area contributed by atoms with Crippen LogP contribution in [0.25, 0.3) is 0 Å². The summed E-state index contributed by atoms with van der Waals surface area (Å²) in [7, 11) is 0. The molecule has 0 fully saturated rings. The highest BCUT2D eigenvalue weighted by Gasteiger charge is 2.06. The summed E-state index contributed by atoms with van der Waals surface area (Å²) < 4.78 is 5.71. The van der Waals surface area contributed by atoms with Gasteiger partial charge < -0.3 is 10.1 Å². The van der Waals surface area contributed by atoms with Crippen LogP contribution < -0.4 is 10.1 Å². The smallest absolute Gasteiger partial charge is 0.234 e. The summed E-state index contributed by atoms with van der Waals surface area (Å²) in [5.74, 6) is 0.456. The number of halogens is 2. The molecule has 0 aliphatic heterocycles. The molecule has 0 saturated carbocycles. The number of hydrogen-bond acceptors (Lipinski definition) is 3. The molecule has 24 heavy (non-hydrogen) atoms. The summed E-state index contributed by atoms with van der Waals surface area (Å²) in [5, 5.41) is 12.2. The number of ether oxygens (including phenoxy) is 1. The number of carbonyl (C=O) groups excluding carboxylic acids is 1. The number of nitrogens with one attached hydrogen (secondary N) is 1. The maximum Gasteiger partial charge on any atom is 0.234 e. The molecule has 0 spiro atoms. The van der Waals surface area contributed by atoms with Crippen molar-refractivity contribution in [3.63, 3.8) is 0 Å². The first-order chi connectivity index (χ1) is 11.6. The fourth-order valence-corrected chi connectivity index (χ4v) is 2.57. The van der Waals surface area contributed by atoms with Crippen molar-refractivity contribution in [2.75, 3.05) is 6.54 Å². The van der Waals surface area contributed by atoms with Crippen LogP contribution in [0.3, 0.4) is 0 Å². The zero-order valence-electron chi connectivity index (χ0n) is 12.9. The average molecular weight is 363 g/mol. The second kappa shape index (κ2) is 9.17. The van der Waals surface area contributed by atoms with E-state index >= 15 is 0 Å². The second-order valence-electron chi connectivity index (χ2n) is 5.07. The molecule has 1 amide bonds. The van der Waals surface area contributed by atoms with Gasteiger partial charge in [0.15, 0.2) is 0 Å². The Balaban J connectivity index is 1.84. The van der Waals surface area contributed by atoms with Crippen LogP contribution in [0.1, 0.15) is 17.5 Å². The minimum atomic E-state index is -0.255. The maximum absolute atomic E-state index is 11.2. The van der Waals surface area contributed by atoms with Crippen LogP contribution in [-0.4, -0.2) is 12.5 Å². The highest BCUT2D eigenvalue weighted by Crippen LogP contribution is 2.25. The van der Waals surface area contributed by atoms with Gasteiger partial charge in [0, 0.05) is 22.2 Å². The van der Waals surface area contributed by atoms with E-state index in [-0.39, 0.29) is 12.3 Å². The summed E-state index contributed by atoms with van der Waals surface area (Å²) in [6, 6.07) is 14.7. The summed E-state index contributed by atoms with van der Waals surface area (Å²) in [6.45, 7) is 0.790. The highest BCUT2D eigenvalue weighted by atomic mass is 35.5. The Morgan fingerprint density at radius 2 is 1.79 bits per heavy atom. The number of nitrogens with zero attached hydrogens (tertiary/aromatic N) is 1. The van der Waals surface area contributed by atoms with Crippen LogP contribution in [0, 0.1) is 11.3 Å². The van der Waals surface area contributed by atoms with E-state index in [2.05, 4.69) is 5.32 Å². The molecule has 1 N–H and O–H groups in total. The first kappa shape index (κ1) is 18.1. The highest BCUT2D eigenvalue weighted by molar-refractivity contribution is 6.35. The Kier molecular flexibility index (Phi) is 6.92. The van der Waals surface area contributed by atoms with E-state index in [9.17, 15) is 4.79 Å². The molecular weight excluding hydrogens is 347 g/mol. The molecule has 0 aliphatic rings. The molecule has 0 radical (unpaired) electrons. The van der Waals surface area contributed by atoms with Crippen LogP contribution in [0.2, 0.25) is 10.0 Å². The van der Waals surface area contributed by atoms with Crippen molar-refractivity contribution in [1.29, 1.82) is 5.26 Å². The minimum Gasteiger partial charge on any atom is -0.489 e. The molecule has 0 aromatic heterocycles. The summed E-state index contributed by atoms with van der Waals surface area (Å²) in [5.41, 5.74) is 1.82. The van der Waals surface area contributed by atoms with E-state index < -0.39 is 0 Å². The first-order valence-corrected chi connectivity index (χ1v) is 8.14. The van der Waals surface area contributed by atoms with Crippen molar-refractivity contribution in [3.05, 3.63) is 63.6 Å². The van der Waals surface area contributed by atoms with E-state index in [1.165, 1.54) is 0 Å². The lowest BCUT2D eigenvalue weighted by molar-refractivity contribution is -0.120. The monoisotopic (exact) mass is 362 g/mol. The minimum absolute atomic E-state index is 0.114. The van der Waals surface area contributed by atoms with E-state index in [4.69, 9.17) is 33.2 Å². The van der Waals surface area contributed by atoms with Gasteiger partial charge in [-0.3, -0.25) is 4.79 Å². The molecule has 0 aliphatic carbocycles. The van der Waals surface area contributed by atoms with Gasteiger partial charge in [0.2, 0.25) is 5.91 Å². The molecule has 6 heteroatoms. The molecule has 0 unspecified atom stereocenters. The van der Waals surface area contributed by atoms with Crippen LogP contribution in [0.15, 0.2) is 42.5 Å². The van der Waals surface area contributed by atoms with Gasteiger partial charge in [-0.2, -0.15) is 5.26 Å². The first-order valence-electron chi connectivity index (χ1n) is 7.38. The quantitative estimate of drug-likeness (QED) is 0.804. The molecular formula is C18H16Cl2N2O2. The van der Waals surface area contributed by atoms with Gasteiger partial charge in [0.1, 0.15) is 18.8 Å². The van der Waals surface area contributed by atoms with Gasteiger partial charge in [-0.05, 0) is 36.2 Å². The third-order valence-corrected chi connectivity index (χ3v) is 4.05. The lowest BCUT2D eigenvalue weighted by Gasteiger charge is -2.10. The SMILES string of the molecule is N#CCC(=O)NCCc1ccc(OCc2c(Cl)cccc2Cl)cc1. The van der Waals surface area contributed by atoms with E-state index in [0.717, 1.165) is 11.1 Å². The molecule has 0 bridgehead atoms. The molecule has 2 rings (SSSR count). The number of nitriles is 1. The Morgan fingerprint density at radius 1 is 1.12 bits per heavy atom. The fourth-order valence-electron chi connectivity index (χ4n) is 2.06. The van der Waals surface area contributed by atoms with Crippen molar-refractivity contribution in [1.82, 2.24) is 5.32 Å². The number of amides is 1. The predicted octanol–water partition coefficient (Wildman–Crippen LogP) is 4.14. The van der Waals surface area contributed by atoms with Crippen LogP contribution in [0.4, 0.5) is 0 Å². The van der Waals surface area contributed by atoms with E-state index in [1.54, 1.807) is 18.2 Å². The molecule has 2 aromatic carbocycles. The topological polar surface area (TPSA) is 62.1 Å². The lowest BCUT2D eigenvalue weighted by atomic mass is 10.1. The largest absolute Gasteiger partial charge is 0.489 e. The zero-order valence-corrected chi connectivity index (χ0v) is 14.4. The third kappa shape index (κ3) is 5.45. The van der Waals surface area contributed by atoms with Gasteiger partial charge >= 0.3 is 0 Å². The predicted molar refractivity (Wildman–Crippen MR) is 94.2 cm³/mol. The van der Waals surface area contributed by atoms with Crippen molar-refractivity contribution in [2.45, 2.75) is 19.4 Å². The number of carbonyl (C=O) groups is 1. The Bertz CT molecular complexity index is 719. The normalized spacial score (nSPS) is 10.0.